The molecule has 38 heavy (non-hydrogen) atoms. The maximum Gasteiger partial charge on any atom is 0.260 e. The average molecular weight is 519 g/mol. The van der Waals surface area contributed by atoms with Crippen LogP contribution in [0.25, 0.3) is 10.8 Å². The van der Waals surface area contributed by atoms with Crippen LogP contribution < -0.4 is 19.7 Å². The number of hydrogen-bond acceptors (Lipinski definition) is 9. The Morgan fingerprint density at radius 3 is 2.53 bits per heavy atom. The number of nitrogens with one attached hydrogen (secondary N) is 1. The van der Waals surface area contributed by atoms with Crippen molar-refractivity contribution >= 4 is 28.4 Å². The van der Waals surface area contributed by atoms with Crippen molar-refractivity contribution in [2.75, 3.05) is 56.2 Å². The molecule has 1 aliphatic carbocycles. The number of aromatic nitrogens is 3. The lowest BCUT2D eigenvalue weighted by Gasteiger charge is -2.31. The summed E-state index contributed by atoms with van der Waals surface area (Å²) in [5, 5.41) is 5.62. The van der Waals surface area contributed by atoms with Gasteiger partial charge in [-0.1, -0.05) is 18.2 Å². The topological polar surface area (TPSA) is 102 Å². The zero-order chi connectivity index (χ0) is 25.7. The second-order valence-electron chi connectivity index (χ2n) is 10.1. The molecule has 2 aromatic heterocycles. The van der Waals surface area contributed by atoms with E-state index in [0.717, 1.165) is 88.1 Å². The summed E-state index contributed by atoms with van der Waals surface area (Å²) in [5.74, 6) is 2.75. The predicted octanol–water partition coefficient (Wildman–Crippen LogP) is 3.27. The van der Waals surface area contributed by atoms with E-state index in [4.69, 9.17) is 19.2 Å². The molecule has 6 rings (SSSR count). The van der Waals surface area contributed by atoms with Crippen LogP contribution >= 0.6 is 0 Å². The molecular formula is C28H34N6O4. The van der Waals surface area contributed by atoms with E-state index in [9.17, 15) is 4.79 Å². The smallest absolute Gasteiger partial charge is 0.260 e. The van der Waals surface area contributed by atoms with Gasteiger partial charge >= 0.3 is 0 Å². The SMILES string of the molecule is O=C(COc1cnc(NC2CCC(Oc3nc(N4CCOCC4)cc4ccccc34)CC2)nc1)N1CCC1. The summed E-state index contributed by atoms with van der Waals surface area (Å²) < 4.78 is 17.6. The second kappa shape index (κ2) is 11.4. The van der Waals surface area contributed by atoms with Crippen LogP contribution in [-0.2, 0) is 9.53 Å². The first-order valence-electron chi connectivity index (χ1n) is 13.6. The highest BCUT2D eigenvalue weighted by Gasteiger charge is 2.25. The van der Waals surface area contributed by atoms with Gasteiger partial charge in [-0.25, -0.2) is 9.97 Å². The summed E-state index contributed by atoms with van der Waals surface area (Å²) in [5.41, 5.74) is 0. The van der Waals surface area contributed by atoms with Crippen molar-refractivity contribution in [2.24, 2.45) is 0 Å². The summed E-state index contributed by atoms with van der Waals surface area (Å²) in [6, 6.07) is 10.7. The Bertz CT molecular complexity index is 1240. The Hall–Kier alpha value is -3.66. The predicted molar refractivity (Wildman–Crippen MR) is 144 cm³/mol. The molecule has 2 aliphatic heterocycles. The molecule has 4 heterocycles. The number of carbonyl (C=O) groups excluding carboxylic acids is 1. The van der Waals surface area contributed by atoms with E-state index in [1.54, 1.807) is 17.3 Å². The van der Waals surface area contributed by atoms with Gasteiger partial charge in [0.2, 0.25) is 11.8 Å². The van der Waals surface area contributed by atoms with E-state index in [1.807, 2.05) is 6.07 Å². The van der Waals surface area contributed by atoms with E-state index in [1.165, 1.54) is 0 Å². The first-order chi connectivity index (χ1) is 18.7. The number of morpholine rings is 1. The zero-order valence-electron chi connectivity index (χ0n) is 21.6. The Morgan fingerprint density at radius 2 is 1.79 bits per heavy atom. The molecule has 0 unspecified atom stereocenters. The molecule has 1 N–H and O–H groups in total. The summed E-state index contributed by atoms with van der Waals surface area (Å²) in [4.78, 5) is 29.7. The largest absolute Gasteiger partial charge is 0.481 e. The Balaban J connectivity index is 1.02. The molecule has 3 aromatic rings. The number of hydrogen-bond donors (Lipinski definition) is 1. The normalized spacial score (nSPS) is 21.6. The van der Waals surface area contributed by atoms with E-state index >= 15 is 0 Å². The average Bonchev–Trinajstić information content (AvgIpc) is 2.93. The number of likely N-dealkylation sites (tertiary alicyclic amines) is 1. The second-order valence-corrected chi connectivity index (χ2v) is 10.1. The number of carbonyl (C=O) groups is 1. The van der Waals surface area contributed by atoms with Gasteiger partial charge in [0.1, 0.15) is 11.9 Å². The maximum atomic E-state index is 12.0. The molecule has 10 heteroatoms. The fourth-order valence-electron chi connectivity index (χ4n) is 5.13. The Labute approximate surface area is 222 Å². The van der Waals surface area contributed by atoms with Crippen molar-refractivity contribution in [3.05, 3.63) is 42.7 Å². The molecule has 0 atom stereocenters. The standard InChI is InChI=1S/C28H34N6O4/c35-26(34-10-3-11-34)19-37-23-17-29-28(30-18-23)31-21-6-8-22(9-7-21)38-27-24-5-2-1-4-20(24)16-25(32-27)33-12-14-36-15-13-33/h1-2,4-5,16-18,21-22H,3,6-15,19H2,(H,29,30,31). The van der Waals surface area contributed by atoms with Gasteiger partial charge in [-0.05, 0) is 49.6 Å². The van der Waals surface area contributed by atoms with Crippen LogP contribution in [0.15, 0.2) is 42.7 Å². The summed E-state index contributed by atoms with van der Waals surface area (Å²) in [6.45, 7) is 4.80. The third-order valence-corrected chi connectivity index (χ3v) is 7.51. The summed E-state index contributed by atoms with van der Waals surface area (Å²) in [6.07, 6.45) is 8.18. The van der Waals surface area contributed by atoms with Crippen LogP contribution in [0.1, 0.15) is 32.1 Å². The number of fused-ring (bicyclic) bond motifs is 1. The van der Waals surface area contributed by atoms with E-state index in [-0.39, 0.29) is 24.7 Å². The van der Waals surface area contributed by atoms with E-state index in [2.05, 4.69) is 44.5 Å². The fraction of sp³-hybridized carbons (Fsp3) is 0.500. The molecule has 200 valence electrons. The number of nitrogens with zero attached hydrogens (tertiary/aromatic N) is 5. The van der Waals surface area contributed by atoms with Crippen molar-refractivity contribution in [1.29, 1.82) is 0 Å². The number of amides is 1. The fourth-order valence-corrected chi connectivity index (χ4v) is 5.13. The van der Waals surface area contributed by atoms with Crippen molar-refractivity contribution in [1.82, 2.24) is 19.9 Å². The van der Waals surface area contributed by atoms with Crippen molar-refractivity contribution in [3.8, 4) is 11.6 Å². The number of rotatable bonds is 8. The van der Waals surface area contributed by atoms with Gasteiger partial charge in [-0.2, -0.15) is 4.98 Å². The highest BCUT2D eigenvalue weighted by atomic mass is 16.5. The first kappa shape index (κ1) is 24.7. The molecule has 10 nitrogen and oxygen atoms in total. The lowest BCUT2D eigenvalue weighted by molar-refractivity contribution is -0.136. The van der Waals surface area contributed by atoms with Crippen molar-refractivity contribution in [3.63, 3.8) is 0 Å². The van der Waals surface area contributed by atoms with Crippen LogP contribution in [0.4, 0.5) is 11.8 Å². The minimum absolute atomic E-state index is 0.00782. The third kappa shape index (κ3) is 5.75. The number of anilines is 2. The molecule has 0 bridgehead atoms. The highest BCUT2D eigenvalue weighted by molar-refractivity contribution is 5.89. The van der Waals surface area contributed by atoms with Gasteiger partial charge in [0.25, 0.3) is 5.91 Å². The summed E-state index contributed by atoms with van der Waals surface area (Å²) in [7, 11) is 0. The number of pyridine rings is 1. The van der Waals surface area contributed by atoms with Gasteiger partial charge < -0.3 is 29.3 Å². The summed E-state index contributed by atoms with van der Waals surface area (Å²) >= 11 is 0. The van der Waals surface area contributed by atoms with Gasteiger partial charge in [-0.15, -0.1) is 0 Å². The van der Waals surface area contributed by atoms with Gasteiger partial charge in [-0.3, -0.25) is 4.79 Å². The first-order valence-corrected chi connectivity index (χ1v) is 13.6. The molecule has 2 saturated heterocycles. The lowest BCUT2D eigenvalue weighted by Crippen LogP contribution is -2.44. The van der Waals surface area contributed by atoms with Crippen LogP contribution in [-0.4, -0.2) is 83.9 Å². The minimum atomic E-state index is 0.00782. The van der Waals surface area contributed by atoms with E-state index < -0.39 is 0 Å². The molecule has 1 aromatic carbocycles. The highest BCUT2D eigenvalue weighted by Crippen LogP contribution is 2.32. The Kier molecular flexibility index (Phi) is 7.39. The number of ether oxygens (including phenoxy) is 3. The third-order valence-electron chi connectivity index (χ3n) is 7.51. The minimum Gasteiger partial charge on any atom is -0.481 e. The van der Waals surface area contributed by atoms with Crippen molar-refractivity contribution in [2.45, 2.75) is 44.2 Å². The molecule has 0 spiro atoms. The lowest BCUT2D eigenvalue weighted by atomic mass is 9.93. The Morgan fingerprint density at radius 1 is 1.03 bits per heavy atom. The number of benzene rings is 1. The van der Waals surface area contributed by atoms with Gasteiger partial charge in [0, 0.05) is 37.6 Å². The molecular weight excluding hydrogens is 484 g/mol. The molecule has 1 amide bonds. The molecule has 0 radical (unpaired) electrons. The monoisotopic (exact) mass is 518 g/mol. The quantitative estimate of drug-likeness (QED) is 0.481. The molecule has 1 saturated carbocycles. The molecule has 3 fully saturated rings. The van der Waals surface area contributed by atoms with Crippen molar-refractivity contribution < 1.29 is 19.0 Å². The molecule has 3 aliphatic rings. The van der Waals surface area contributed by atoms with Crippen LogP contribution in [0.5, 0.6) is 11.6 Å². The van der Waals surface area contributed by atoms with Crippen LogP contribution in [0.2, 0.25) is 0 Å². The van der Waals surface area contributed by atoms with Gasteiger partial charge in [0.15, 0.2) is 12.4 Å². The maximum absolute atomic E-state index is 12.0. The van der Waals surface area contributed by atoms with Crippen LogP contribution in [0.3, 0.4) is 0 Å². The van der Waals surface area contributed by atoms with Crippen LogP contribution in [0, 0.1) is 0 Å². The van der Waals surface area contributed by atoms with E-state index in [0.29, 0.717) is 17.6 Å². The zero-order valence-corrected chi connectivity index (χ0v) is 21.6. The van der Waals surface area contributed by atoms with Gasteiger partial charge in [0.05, 0.1) is 25.6 Å².